The second kappa shape index (κ2) is 10.3. The topological polar surface area (TPSA) is 69.0 Å². The molecule has 3 aromatic rings. The van der Waals surface area contributed by atoms with Crippen molar-refractivity contribution in [3.63, 3.8) is 0 Å². The predicted octanol–water partition coefficient (Wildman–Crippen LogP) is 5.63. The first kappa shape index (κ1) is 23.3. The molecule has 3 rings (SSSR count). The number of carbonyl (C=O) groups is 1. The third kappa shape index (κ3) is 5.89. The summed E-state index contributed by atoms with van der Waals surface area (Å²) in [5.74, 6) is 1.64. The van der Waals surface area contributed by atoms with Crippen LogP contribution in [0.15, 0.2) is 46.0 Å². The van der Waals surface area contributed by atoms with E-state index < -0.39 is 0 Å². The van der Waals surface area contributed by atoms with Crippen LogP contribution in [0.3, 0.4) is 0 Å². The van der Waals surface area contributed by atoms with Gasteiger partial charge in [-0.1, -0.05) is 30.8 Å². The van der Waals surface area contributed by atoms with Crippen LogP contribution in [0.4, 0.5) is 5.69 Å². The van der Waals surface area contributed by atoms with Gasteiger partial charge in [-0.3, -0.25) is 4.79 Å². The molecule has 1 aromatic heterocycles. The Hall–Kier alpha value is -2.32. The number of aromatic nitrogens is 3. The van der Waals surface area contributed by atoms with Gasteiger partial charge in [0.25, 0.3) is 0 Å². The molecule has 0 aliphatic carbocycles. The maximum absolute atomic E-state index is 12.4. The largest absolute Gasteiger partial charge is 0.483 e. The van der Waals surface area contributed by atoms with Gasteiger partial charge < -0.3 is 14.6 Å². The van der Waals surface area contributed by atoms with Gasteiger partial charge in [0.05, 0.1) is 11.4 Å². The lowest BCUT2D eigenvalue weighted by molar-refractivity contribution is -0.113. The Labute approximate surface area is 195 Å². The van der Waals surface area contributed by atoms with E-state index in [1.165, 1.54) is 22.9 Å². The maximum atomic E-state index is 12.4. The van der Waals surface area contributed by atoms with E-state index in [0.29, 0.717) is 11.0 Å². The van der Waals surface area contributed by atoms with Gasteiger partial charge >= 0.3 is 0 Å². The summed E-state index contributed by atoms with van der Waals surface area (Å²) >= 11 is 4.85. The molecule has 1 heterocycles. The zero-order chi connectivity index (χ0) is 22.5. The molecule has 31 heavy (non-hydrogen) atoms. The summed E-state index contributed by atoms with van der Waals surface area (Å²) in [5, 5.41) is 12.1. The summed E-state index contributed by atoms with van der Waals surface area (Å²) in [5.41, 5.74) is 4.33. The highest BCUT2D eigenvalue weighted by Crippen LogP contribution is 2.27. The minimum absolute atomic E-state index is 0.0983. The van der Waals surface area contributed by atoms with E-state index in [1.807, 2.05) is 56.7 Å². The summed E-state index contributed by atoms with van der Waals surface area (Å²) in [7, 11) is 1.88. The number of anilines is 1. The summed E-state index contributed by atoms with van der Waals surface area (Å²) in [6.45, 7) is 8.13. The molecule has 0 saturated heterocycles. The summed E-state index contributed by atoms with van der Waals surface area (Å²) in [6.07, 6.45) is 0.730. The van der Waals surface area contributed by atoms with Crippen LogP contribution in [0, 0.1) is 13.8 Å². The SMILES string of the molecule is CCc1ccc(O[C@@H](C)c2nnc(SCC(=O)Nc3cc(C)c(C)cc3Br)n2C)cc1. The van der Waals surface area contributed by atoms with E-state index in [-0.39, 0.29) is 17.8 Å². The summed E-state index contributed by atoms with van der Waals surface area (Å²) in [4.78, 5) is 12.4. The van der Waals surface area contributed by atoms with Crippen LogP contribution in [0.25, 0.3) is 0 Å². The zero-order valence-corrected chi connectivity index (χ0v) is 20.8. The molecule has 0 saturated carbocycles. The molecule has 2 aromatic carbocycles. The van der Waals surface area contributed by atoms with E-state index in [0.717, 1.165) is 27.9 Å². The van der Waals surface area contributed by atoms with Crippen molar-refractivity contribution in [1.29, 1.82) is 0 Å². The molecule has 0 unspecified atom stereocenters. The molecule has 1 amide bonds. The van der Waals surface area contributed by atoms with Gasteiger partial charge in [-0.05, 0) is 84.1 Å². The smallest absolute Gasteiger partial charge is 0.234 e. The third-order valence-electron chi connectivity index (χ3n) is 5.07. The highest BCUT2D eigenvalue weighted by molar-refractivity contribution is 9.10. The number of hydrogen-bond acceptors (Lipinski definition) is 5. The van der Waals surface area contributed by atoms with Gasteiger partial charge in [0.2, 0.25) is 5.91 Å². The van der Waals surface area contributed by atoms with Crippen molar-refractivity contribution in [3.8, 4) is 5.75 Å². The molecule has 8 heteroatoms. The minimum Gasteiger partial charge on any atom is -0.483 e. The number of ether oxygens (including phenoxy) is 1. The maximum Gasteiger partial charge on any atom is 0.234 e. The Morgan fingerprint density at radius 3 is 2.55 bits per heavy atom. The number of hydrogen-bond donors (Lipinski definition) is 1. The molecular weight excluding hydrogens is 476 g/mol. The highest BCUT2D eigenvalue weighted by Gasteiger charge is 2.18. The van der Waals surface area contributed by atoms with Gasteiger partial charge in [0.15, 0.2) is 17.1 Å². The van der Waals surface area contributed by atoms with Gasteiger partial charge in [0.1, 0.15) is 5.75 Å². The lowest BCUT2D eigenvalue weighted by atomic mass is 10.1. The number of carbonyl (C=O) groups excluding carboxylic acids is 1. The molecule has 0 aliphatic rings. The molecule has 1 N–H and O–H groups in total. The van der Waals surface area contributed by atoms with Crippen LogP contribution >= 0.6 is 27.7 Å². The van der Waals surface area contributed by atoms with Crippen LogP contribution in [-0.4, -0.2) is 26.4 Å². The van der Waals surface area contributed by atoms with E-state index in [4.69, 9.17) is 4.74 Å². The number of halogens is 1. The molecule has 0 spiro atoms. The van der Waals surface area contributed by atoms with Gasteiger partial charge in [-0.15, -0.1) is 10.2 Å². The predicted molar refractivity (Wildman–Crippen MR) is 129 cm³/mol. The summed E-state index contributed by atoms with van der Waals surface area (Å²) in [6, 6.07) is 12.0. The standard InChI is InChI=1S/C23H27BrN4O2S/c1-6-17-7-9-18(10-8-17)30-16(4)22-26-27-23(28(22)5)31-13-21(29)25-20-12-15(3)14(2)11-19(20)24/h7-12,16H,6,13H2,1-5H3,(H,25,29)/t16-/m0/s1. The van der Waals surface area contributed by atoms with Crippen molar-refractivity contribution in [2.24, 2.45) is 7.05 Å². The van der Waals surface area contributed by atoms with Crippen molar-refractivity contribution in [2.45, 2.75) is 45.4 Å². The highest BCUT2D eigenvalue weighted by atomic mass is 79.9. The quantitative estimate of drug-likeness (QED) is 0.404. The molecule has 1 atom stereocenters. The first-order valence-electron chi connectivity index (χ1n) is 10.1. The van der Waals surface area contributed by atoms with Crippen LogP contribution in [-0.2, 0) is 18.3 Å². The molecule has 164 valence electrons. The van der Waals surface area contributed by atoms with Crippen LogP contribution in [0.2, 0.25) is 0 Å². The number of nitrogens with zero attached hydrogens (tertiary/aromatic N) is 3. The third-order valence-corrected chi connectivity index (χ3v) is 6.74. The number of benzene rings is 2. The van der Waals surface area contributed by atoms with Crippen molar-refractivity contribution in [1.82, 2.24) is 14.8 Å². The van der Waals surface area contributed by atoms with E-state index in [2.05, 4.69) is 50.5 Å². The van der Waals surface area contributed by atoms with Crippen molar-refractivity contribution in [2.75, 3.05) is 11.1 Å². The van der Waals surface area contributed by atoms with E-state index in [9.17, 15) is 4.79 Å². The molecule has 0 radical (unpaired) electrons. The monoisotopic (exact) mass is 502 g/mol. The first-order valence-corrected chi connectivity index (χ1v) is 11.9. The second-order valence-electron chi connectivity index (χ2n) is 7.41. The number of rotatable bonds is 8. The van der Waals surface area contributed by atoms with Crippen molar-refractivity contribution < 1.29 is 9.53 Å². The number of aryl methyl sites for hydroxylation is 3. The average Bonchev–Trinajstić information content (AvgIpc) is 3.11. The van der Waals surface area contributed by atoms with Gasteiger partial charge in [-0.25, -0.2) is 0 Å². The van der Waals surface area contributed by atoms with Gasteiger partial charge in [-0.2, -0.15) is 0 Å². The van der Waals surface area contributed by atoms with Crippen LogP contribution < -0.4 is 10.1 Å². The van der Waals surface area contributed by atoms with E-state index >= 15 is 0 Å². The zero-order valence-electron chi connectivity index (χ0n) is 18.4. The Kier molecular flexibility index (Phi) is 7.78. The second-order valence-corrected chi connectivity index (χ2v) is 9.21. The van der Waals surface area contributed by atoms with Crippen molar-refractivity contribution >= 4 is 39.3 Å². The molecular formula is C23H27BrN4O2S. The molecule has 6 nitrogen and oxygen atoms in total. The van der Waals surface area contributed by atoms with Crippen LogP contribution in [0.5, 0.6) is 5.75 Å². The van der Waals surface area contributed by atoms with Gasteiger partial charge in [0, 0.05) is 11.5 Å². The number of thioether (sulfide) groups is 1. The van der Waals surface area contributed by atoms with Crippen molar-refractivity contribution in [3.05, 3.63) is 63.4 Å². The van der Waals surface area contributed by atoms with E-state index in [1.54, 1.807) is 0 Å². The normalized spacial score (nSPS) is 11.9. The Bertz CT molecular complexity index is 1070. The lowest BCUT2D eigenvalue weighted by Gasteiger charge is -2.14. The molecule has 0 aliphatic heterocycles. The Morgan fingerprint density at radius 2 is 1.87 bits per heavy atom. The number of nitrogens with one attached hydrogen (secondary N) is 1. The number of amides is 1. The molecule has 0 bridgehead atoms. The summed E-state index contributed by atoms with van der Waals surface area (Å²) < 4.78 is 8.75. The Balaban J connectivity index is 1.59. The lowest BCUT2D eigenvalue weighted by Crippen LogP contribution is -2.15. The van der Waals surface area contributed by atoms with Crippen LogP contribution in [0.1, 0.15) is 42.5 Å². The minimum atomic E-state index is -0.264. The fraction of sp³-hybridized carbons (Fsp3) is 0.348. The first-order chi connectivity index (χ1) is 14.8. The average molecular weight is 503 g/mol. The molecule has 0 fully saturated rings. The fourth-order valence-corrected chi connectivity index (χ4v) is 4.33. The Morgan fingerprint density at radius 1 is 1.19 bits per heavy atom. The fourth-order valence-electron chi connectivity index (χ4n) is 3.06.